The number of likely N-dealkylation sites (tertiary alicyclic amines) is 1. The van der Waals surface area contributed by atoms with Crippen molar-refractivity contribution in [2.24, 2.45) is 5.92 Å². The van der Waals surface area contributed by atoms with Crippen LogP contribution in [0.1, 0.15) is 49.1 Å². The summed E-state index contributed by atoms with van der Waals surface area (Å²) in [6, 6.07) is 2.53. The second kappa shape index (κ2) is 4.72. The van der Waals surface area contributed by atoms with Crippen molar-refractivity contribution in [1.29, 1.82) is 0 Å². The lowest BCUT2D eigenvalue weighted by Crippen LogP contribution is -2.38. The summed E-state index contributed by atoms with van der Waals surface area (Å²) in [6.07, 6.45) is 6.74. The number of carbonyl (C=O) groups excluding carboxylic acids is 1. The van der Waals surface area contributed by atoms with Gasteiger partial charge < -0.3 is 9.47 Å². The molecule has 0 radical (unpaired) electrons. The van der Waals surface area contributed by atoms with Crippen molar-refractivity contribution < 1.29 is 4.79 Å². The third-order valence-electron chi connectivity index (χ3n) is 4.05. The van der Waals surface area contributed by atoms with E-state index in [9.17, 15) is 4.79 Å². The van der Waals surface area contributed by atoms with Gasteiger partial charge in [-0.3, -0.25) is 4.79 Å². The normalized spacial score (nSPS) is 21.3. The van der Waals surface area contributed by atoms with Gasteiger partial charge in [0.2, 0.25) is 0 Å². The summed E-state index contributed by atoms with van der Waals surface area (Å²) in [7, 11) is 0. The van der Waals surface area contributed by atoms with E-state index in [2.05, 4.69) is 33.6 Å². The molecule has 4 heteroatoms. The fourth-order valence-electron chi connectivity index (χ4n) is 2.65. The summed E-state index contributed by atoms with van der Waals surface area (Å²) in [5.41, 5.74) is 0.860. The zero-order valence-electron chi connectivity index (χ0n) is 10.7. The minimum atomic E-state index is 0.208. The highest BCUT2D eigenvalue weighted by Gasteiger charge is 2.30. The maximum absolute atomic E-state index is 12.6. The van der Waals surface area contributed by atoms with Crippen LogP contribution in [0.2, 0.25) is 0 Å². The van der Waals surface area contributed by atoms with Gasteiger partial charge in [0.1, 0.15) is 5.69 Å². The first-order valence-corrected chi connectivity index (χ1v) is 7.61. The smallest absolute Gasteiger partial charge is 0.270 e. The highest BCUT2D eigenvalue weighted by atomic mass is 79.9. The number of halogens is 1. The van der Waals surface area contributed by atoms with Gasteiger partial charge in [-0.1, -0.05) is 6.92 Å². The third-order valence-corrected chi connectivity index (χ3v) is 4.48. The molecule has 1 saturated carbocycles. The lowest BCUT2D eigenvalue weighted by molar-refractivity contribution is 0.0686. The molecule has 1 aliphatic carbocycles. The molecule has 2 fully saturated rings. The molecule has 3 nitrogen and oxygen atoms in total. The monoisotopic (exact) mass is 310 g/mol. The average Bonchev–Trinajstić information content (AvgIpc) is 3.13. The van der Waals surface area contributed by atoms with Crippen LogP contribution in [0.5, 0.6) is 0 Å². The van der Waals surface area contributed by atoms with Crippen LogP contribution in [-0.2, 0) is 0 Å². The minimum absolute atomic E-state index is 0.208. The summed E-state index contributed by atoms with van der Waals surface area (Å²) < 4.78 is 3.17. The Hall–Kier alpha value is -0.770. The standard InChI is InChI=1S/C14H19BrN2O/c1-10-4-6-16(7-5-10)14(18)13-8-11(15)9-17(13)12-2-3-12/h8-10,12H,2-7H2,1H3. The molecule has 18 heavy (non-hydrogen) atoms. The lowest BCUT2D eigenvalue weighted by Gasteiger charge is -2.30. The number of hydrogen-bond donors (Lipinski definition) is 0. The third kappa shape index (κ3) is 2.35. The molecule has 1 saturated heterocycles. The van der Waals surface area contributed by atoms with E-state index in [0.717, 1.165) is 42.0 Å². The predicted octanol–water partition coefficient (Wildman–Crippen LogP) is 3.46. The largest absolute Gasteiger partial charge is 0.339 e. The minimum Gasteiger partial charge on any atom is -0.339 e. The Morgan fingerprint density at radius 3 is 2.56 bits per heavy atom. The molecule has 2 aliphatic rings. The highest BCUT2D eigenvalue weighted by molar-refractivity contribution is 9.10. The van der Waals surface area contributed by atoms with Gasteiger partial charge >= 0.3 is 0 Å². The number of rotatable bonds is 2. The van der Waals surface area contributed by atoms with E-state index < -0.39 is 0 Å². The maximum atomic E-state index is 12.6. The van der Waals surface area contributed by atoms with E-state index >= 15 is 0 Å². The lowest BCUT2D eigenvalue weighted by atomic mass is 9.99. The molecule has 1 amide bonds. The Balaban J connectivity index is 1.79. The maximum Gasteiger partial charge on any atom is 0.270 e. The van der Waals surface area contributed by atoms with Crippen molar-refractivity contribution in [2.45, 2.75) is 38.6 Å². The number of piperidine rings is 1. The van der Waals surface area contributed by atoms with Gasteiger partial charge in [-0.15, -0.1) is 0 Å². The van der Waals surface area contributed by atoms with Crippen LogP contribution < -0.4 is 0 Å². The second-order valence-electron chi connectivity index (χ2n) is 5.66. The molecule has 98 valence electrons. The number of nitrogens with zero attached hydrogens (tertiary/aromatic N) is 2. The molecule has 0 bridgehead atoms. The van der Waals surface area contributed by atoms with Crippen LogP contribution in [0.25, 0.3) is 0 Å². The molecular weight excluding hydrogens is 292 g/mol. The predicted molar refractivity (Wildman–Crippen MR) is 74.7 cm³/mol. The van der Waals surface area contributed by atoms with Crippen LogP contribution >= 0.6 is 15.9 Å². The Labute approximate surface area is 116 Å². The number of amides is 1. The van der Waals surface area contributed by atoms with Crippen LogP contribution in [0, 0.1) is 5.92 Å². The van der Waals surface area contributed by atoms with Crippen molar-refractivity contribution in [3.05, 3.63) is 22.4 Å². The van der Waals surface area contributed by atoms with Crippen molar-refractivity contribution in [1.82, 2.24) is 9.47 Å². The molecule has 1 aliphatic heterocycles. The Kier molecular flexibility index (Phi) is 3.22. The Morgan fingerprint density at radius 1 is 1.28 bits per heavy atom. The molecule has 0 spiro atoms. The van der Waals surface area contributed by atoms with Gasteiger partial charge in [-0.2, -0.15) is 0 Å². The number of aromatic nitrogens is 1. The van der Waals surface area contributed by atoms with Crippen LogP contribution in [0.3, 0.4) is 0 Å². The fraction of sp³-hybridized carbons (Fsp3) is 0.643. The zero-order valence-corrected chi connectivity index (χ0v) is 12.3. The molecule has 0 N–H and O–H groups in total. The molecule has 1 aromatic rings. The first kappa shape index (κ1) is 12.3. The van der Waals surface area contributed by atoms with Crippen LogP contribution in [-0.4, -0.2) is 28.5 Å². The molecule has 3 rings (SSSR count). The Bertz CT molecular complexity index is 456. The topological polar surface area (TPSA) is 25.2 Å². The van der Waals surface area contributed by atoms with Gasteiger partial charge in [0.25, 0.3) is 5.91 Å². The first-order chi connectivity index (χ1) is 8.65. The average molecular weight is 311 g/mol. The van der Waals surface area contributed by atoms with Crippen LogP contribution in [0.4, 0.5) is 0 Å². The molecular formula is C14H19BrN2O. The second-order valence-corrected chi connectivity index (χ2v) is 6.57. The van der Waals surface area contributed by atoms with E-state index in [1.54, 1.807) is 0 Å². The number of hydrogen-bond acceptors (Lipinski definition) is 1. The molecule has 1 aromatic heterocycles. The Morgan fingerprint density at radius 2 is 1.94 bits per heavy atom. The van der Waals surface area contributed by atoms with E-state index in [-0.39, 0.29) is 5.91 Å². The van der Waals surface area contributed by atoms with Crippen molar-refractivity contribution in [3.8, 4) is 0 Å². The van der Waals surface area contributed by atoms with Gasteiger partial charge in [-0.25, -0.2) is 0 Å². The van der Waals surface area contributed by atoms with Gasteiger partial charge in [0.05, 0.1) is 0 Å². The van der Waals surface area contributed by atoms with Crippen molar-refractivity contribution in [2.75, 3.05) is 13.1 Å². The molecule has 2 heterocycles. The fourth-order valence-corrected chi connectivity index (χ4v) is 3.08. The quantitative estimate of drug-likeness (QED) is 0.821. The summed E-state index contributed by atoms with van der Waals surface area (Å²) in [5.74, 6) is 0.968. The summed E-state index contributed by atoms with van der Waals surface area (Å²) >= 11 is 3.49. The summed E-state index contributed by atoms with van der Waals surface area (Å²) in [5, 5.41) is 0. The van der Waals surface area contributed by atoms with E-state index in [4.69, 9.17) is 0 Å². The van der Waals surface area contributed by atoms with Crippen LogP contribution in [0.15, 0.2) is 16.7 Å². The molecule has 0 atom stereocenters. The summed E-state index contributed by atoms with van der Waals surface area (Å²) in [6.45, 7) is 4.09. The summed E-state index contributed by atoms with van der Waals surface area (Å²) in [4.78, 5) is 14.6. The van der Waals surface area contributed by atoms with Gasteiger partial charge in [0, 0.05) is 29.8 Å². The first-order valence-electron chi connectivity index (χ1n) is 6.82. The van der Waals surface area contributed by atoms with Gasteiger partial charge in [-0.05, 0) is 53.6 Å². The van der Waals surface area contributed by atoms with E-state index in [1.165, 1.54) is 12.8 Å². The zero-order chi connectivity index (χ0) is 12.7. The van der Waals surface area contributed by atoms with E-state index in [1.807, 2.05) is 11.0 Å². The molecule has 0 aromatic carbocycles. The van der Waals surface area contributed by atoms with E-state index in [0.29, 0.717) is 6.04 Å². The molecule has 0 unspecified atom stereocenters. The number of carbonyl (C=O) groups is 1. The highest BCUT2D eigenvalue weighted by Crippen LogP contribution is 2.38. The van der Waals surface area contributed by atoms with Gasteiger partial charge in [0.15, 0.2) is 0 Å². The van der Waals surface area contributed by atoms with Crippen molar-refractivity contribution >= 4 is 21.8 Å². The van der Waals surface area contributed by atoms with Crippen molar-refractivity contribution in [3.63, 3.8) is 0 Å². The SMILES string of the molecule is CC1CCN(C(=O)c2cc(Br)cn2C2CC2)CC1.